The van der Waals surface area contributed by atoms with E-state index in [2.05, 4.69) is 34.5 Å². The summed E-state index contributed by atoms with van der Waals surface area (Å²) >= 11 is 3.69. The molecule has 31 heavy (non-hydrogen) atoms. The highest BCUT2D eigenvalue weighted by atomic mass is 79.9. The number of nitrogens with zero attached hydrogens (tertiary/aromatic N) is 3. The van der Waals surface area contributed by atoms with Gasteiger partial charge in [0.05, 0.1) is 35.5 Å². The van der Waals surface area contributed by atoms with E-state index in [9.17, 15) is 9.59 Å². The van der Waals surface area contributed by atoms with Gasteiger partial charge in [0.1, 0.15) is 5.69 Å². The van der Waals surface area contributed by atoms with E-state index in [0.717, 1.165) is 60.2 Å². The highest BCUT2D eigenvalue weighted by molar-refractivity contribution is 9.10. The summed E-state index contributed by atoms with van der Waals surface area (Å²) in [6, 6.07) is 7.61. The standard InChI is InChI=1S/C23H28BrN3O4/c1-4-5-10-31-22(29)26-13-23(14-26)11-18(12-23)27-15(2)19(24)20(25-27)16-6-8-17(9-7-16)21(28)30-3/h6-9,18H,4-5,10-14H2,1-3H3. The van der Waals surface area contributed by atoms with Crippen LogP contribution in [0.25, 0.3) is 11.3 Å². The predicted octanol–water partition coefficient (Wildman–Crippen LogP) is 4.98. The highest BCUT2D eigenvalue weighted by Crippen LogP contribution is 2.54. The van der Waals surface area contributed by atoms with Crippen LogP contribution in [0.1, 0.15) is 54.7 Å². The number of amides is 1. The summed E-state index contributed by atoms with van der Waals surface area (Å²) in [5, 5.41) is 4.87. The van der Waals surface area contributed by atoms with Gasteiger partial charge >= 0.3 is 12.1 Å². The smallest absolute Gasteiger partial charge is 0.409 e. The third-order valence-electron chi connectivity index (χ3n) is 6.37. The lowest BCUT2D eigenvalue weighted by Gasteiger charge is -2.58. The van der Waals surface area contributed by atoms with Crippen molar-refractivity contribution in [1.29, 1.82) is 0 Å². The number of carbonyl (C=O) groups is 2. The number of rotatable bonds is 6. The van der Waals surface area contributed by atoms with Crippen LogP contribution in [0.5, 0.6) is 0 Å². The topological polar surface area (TPSA) is 73.7 Å². The maximum absolute atomic E-state index is 12.1. The predicted molar refractivity (Wildman–Crippen MR) is 120 cm³/mol. The fraction of sp³-hybridized carbons (Fsp3) is 0.522. The molecule has 1 saturated heterocycles. The number of ether oxygens (including phenoxy) is 2. The molecule has 166 valence electrons. The summed E-state index contributed by atoms with van der Waals surface area (Å²) < 4.78 is 13.1. The molecular weight excluding hydrogens is 462 g/mol. The van der Waals surface area contributed by atoms with Gasteiger partial charge in [0.2, 0.25) is 0 Å². The van der Waals surface area contributed by atoms with Crippen LogP contribution in [-0.2, 0) is 9.47 Å². The van der Waals surface area contributed by atoms with Crippen molar-refractivity contribution in [2.24, 2.45) is 5.41 Å². The van der Waals surface area contributed by atoms with Crippen molar-refractivity contribution in [2.75, 3.05) is 26.8 Å². The van der Waals surface area contributed by atoms with Crippen LogP contribution in [0.3, 0.4) is 0 Å². The molecule has 2 heterocycles. The molecule has 2 fully saturated rings. The monoisotopic (exact) mass is 489 g/mol. The van der Waals surface area contributed by atoms with E-state index in [1.807, 2.05) is 17.0 Å². The fourth-order valence-electron chi connectivity index (χ4n) is 4.58. The number of likely N-dealkylation sites (tertiary alicyclic amines) is 1. The van der Waals surface area contributed by atoms with Gasteiger partial charge in [0.15, 0.2) is 0 Å². The van der Waals surface area contributed by atoms with Gasteiger partial charge in [-0.1, -0.05) is 25.5 Å². The molecule has 0 atom stereocenters. The number of methoxy groups -OCH3 is 1. The molecule has 0 bridgehead atoms. The number of benzene rings is 1. The second-order valence-corrected chi connectivity index (χ2v) is 9.44. The van der Waals surface area contributed by atoms with Crippen molar-refractivity contribution in [2.45, 2.75) is 45.6 Å². The quantitative estimate of drug-likeness (QED) is 0.422. The molecule has 1 aliphatic carbocycles. The third kappa shape index (κ3) is 4.10. The van der Waals surface area contributed by atoms with E-state index in [1.54, 1.807) is 12.1 Å². The first-order chi connectivity index (χ1) is 14.9. The molecule has 0 N–H and O–H groups in total. The maximum Gasteiger partial charge on any atom is 0.409 e. The van der Waals surface area contributed by atoms with Gasteiger partial charge in [-0.15, -0.1) is 0 Å². The molecule has 1 spiro atoms. The van der Waals surface area contributed by atoms with Crippen molar-refractivity contribution in [3.8, 4) is 11.3 Å². The molecule has 2 aliphatic rings. The second-order valence-electron chi connectivity index (χ2n) is 8.65. The van der Waals surface area contributed by atoms with E-state index < -0.39 is 0 Å². The summed E-state index contributed by atoms with van der Waals surface area (Å²) in [6.07, 6.45) is 3.78. The van der Waals surface area contributed by atoms with Crippen LogP contribution < -0.4 is 0 Å². The maximum atomic E-state index is 12.1. The number of esters is 1. The minimum Gasteiger partial charge on any atom is -0.465 e. The zero-order valence-electron chi connectivity index (χ0n) is 18.2. The normalized spacial score (nSPS) is 17.2. The summed E-state index contributed by atoms with van der Waals surface area (Å²) in [4.78, 5) is 25.6. The van der Waals surface area contributed by atoms with E-state index in [1.165, 1.54) is 7.11 Å². The summed E-state index contributed by atoms with van der Waals surface area (Å²) in [5.74, 6) is -0.351. The Morgan fingerprint density at radius 2 is 1.90 bits per heavy atom. The first-order valence-electron chi connectivity index (χ1n) is 10.7. The average molecular weight is 490 g/mol. The Morgan fingerprint density at radius 1 is 1.23 bits per heavy atom. The van der Waals surface area contributed by atoms with Crippen molar-refractivity contribution >= 4 is 28.0 Å². The summed E-state index contributed by atoms with van der Waals surface area (Å²) in [5.41, 5.74) is 3.62. The van der Waals surface area contributed by atoms with Crippen molar-refractivity contribution in [3.05, 3.63) is 40.0 Å². The van der Waals surface area contributed by atoms with Crippen LogP contribution in [0, 0.1) is 12.3 Å². The number of aromatic nitrogens is 2. The summed E-state index contributed by atoms with van der Waals surface area (Å²) in [6.45, 7) is 6.20. The van der Waals surface area contributed by atoms with Gasteiger partial charge in [0.25, 0.3) is 0 Å². The van der Waals surface area contributed by atoms with Gasteiger partial charge in [0, 0.05) is 24.1 Å². The highest BCUT2D eigenvalue weighted by Gasteiger charge is 2.55. The number of hydrogen-bond donors (Lipinski definition) is 0. The van der Waals surface area contributed by atoms with Gasteiger partial charge in [-0.05, 0) is 54.2 Å². The minimum atomic E-state index is -0.351. The molecule has 1 amide bonds. The number of unbranched alkanes of at least 4 members (excludes halogenated alkanes) is 1. The van der Waals surface area contributed by atoms with Crippen LogP contribution >= 0.6 is 15.9 Å². The number of halogens is 1. The molecule has 8 heteroatoms. The molecular formula is C23H28BrN3O4. The Hall–Kier alpha value is -2.35. The lowest BCUT2D eigenvalue weighted by atomic mass is 9.61. The number of carbonyl (C=O) groups excluding carboxylic acids is 2. The van der Waals surface area contributed by atoms with Crippen LogP contribution in [0.2, 0.25) is 0 Å². The zero-order chi connectivity index (χ0) is 22.2. The minimum absolute atomic E-state index is 0.182. The first kappa shape index (κ1) is 21.9. The third-order valence-corrected chi connectivity index (χ3v) is 7.32. The Bertz CT molecular complexity index is 971. The zero-order valence-corrected chi connectivity index (χ0v) is 19.8. The average Bonchev–Trinajstić information content (AvgIpc) is 3.00. The fourth-order valence-corrected chi connectivity index (χ4v) is 5.07. The molecule has 1 aromatic carbocycles. The molecule has 1 saturated carbocycles. The van der Waals surface area contributed by atoms with E-state index >= 15 is 0 Å². The van der Waals surface area contributed by atoms with Gasteiger partial charge in [-0.2, -0.15) is 5.10 Å². The second kappa shape index (κ2) is 8.65. The Kier molecular flexibility index (Phi) is 6.10. The van der Waals surface area contributed by atoms with Crippen molar-refractivity contribution in [3.63, 3.8) is 0 Å². The van der Waals surface area contributed by atoms with Gasteiger partial charge < -0.3 is 14.4 Å². The number of hydrogen-bond acceptors (Lipinski definition) is 5. The molecule has 7 nitrogen and oxygen atoms in total. The van der Waals surface area contributed by atoms with Crippen LogP contribution in [-0.4, -0.2) is 53.5 Å². The van der Waals surface area contributed by atoms with Crippen LogP contribution in [0.15, 0.2) is 28.7 Å². The van der Waals surface area contributed by atoms with Gasteiger partial charge in [-0.3, -0.25) is 4.68 Å². The molecule has 2 aromatic rings. The molecule has 1 aliphatic heterocycles. The van der Waals surface area contributed by atoms with Crippen molar-refractivity contribution < 1.29 is 19.1 Å². The molecule has 4 rings (SSSR count). The Labute approximate surface area is 190 Å². The Balaban J connectivity index is 1.38. The SMILES string of the molecule is CCCCOC(=O)N1CC2(CC(n3nc(-c4ccc(C(=O)OC)cc4)c(Br)c3C)C2)C1. The molecule has 1 aromatic heterocycles. The first-order valence-corrected chi connectivity index (χ1v) is 11.5. The lowest BCUT2D eigenvalue weighted by Crippen LogP contribution is -2.64. The lowest BCUT2D eigenvalue weighted by molar-refractivity contribution is -0.0825. The van der Waals surface area contributed by atoms with E-state index in [4.69, 9.17) is 14.6 Å². The van der Waals surface area contributed by atoms with Gasteiger partial charge in [-0.25, -0.2) is 9.59 Å². The van der Waals surface area contributed by atoms with Crippen molar-refractivity contribution in [1.82, 2.24) is 14.7 Å². The Morgan fingerprint density at radius 3 is 2.52 bits per heavy atom. The summed E-state index contributed by atoms with van der Waals surface area (Å²) in [7, 11) is 1.37. The van der Waals surface area contributed by atoms with E-state index in [0.29, 0.717) is 18.2 Å². The van der Waals surface area contributed by atoms with Crippen LogP contribution in [0.4, 0.5) is 4.79 Å². The largest absolute Gasteiger partial charge is 0.465 e. The van der Waals surface area contributed by atoms with E-state index in [-0.39, 0.29) is 17.5 Å². The molecule has 0 radical (unpaired) electrons. The molecule has 0 unspecified atom stereocenters.